The molecular formula is C31H28O. The van der Waals surface area contributed by atoms with Crippen molar-refractivity contribution in [3.8, 4) is 11.1 Å². The molecule has 158 valence electrons. The summed E-state index contributed by atoms with van der Waals surface area (Å²) in [4.78, 5) is 0. The van der Waals surface area contributed by atoms with Crippen LogP contribution in [-0.2, 0) is 0 Å². The van der Waals surface area contributed by atoms with Gasteiger partial charge in [0.25, 0.3) is 0 Å². The lowest BCUT2D eigenvalue weighted by molar-refractivity contribution is 0.248. The lowest BCUT2D eigenvalue weighted by Gasteiger charge is -2.41. The van der Waals surface area contributed by atoms with Crippen molar-refractivity contribution in [1.29, 1.82) is 0 Å². The Bertz CT molecular complexity index is 1340. The van der Waals surface area contributed by atoms with Crippen molar-refractivity contribution in [3.63, 3.8) is 0 Å². The molecule has 1 heteroatoms. The van der Waals surface area contributed by atoms with Gasteiger partial charge in [0.15, 0.2) is 0 Å². The van der Waals surface area contributed by atoms with Crippen LogP contribution in [0.1, 0.15) is 36.8 Å². The molecule has 32 heavy (non-hydrogen) atoms. The highest BCUT2D eigenvalue weighted by Gasteiger charge is 2.47. The lowest BCUT2D eigenvalue weighted by atomic mass is 9.61. The molecule has 3 aliphatic carbocycles. The maximum absolute atomic E-state index is 9.89. The van der Waals surface area contributed by atoms with E-state index < -0.39 is 0 Å². The van der Waals surface area contributed by atoms with Crippen LogP contribution in [-0.4, -0.2) is 11.7 Å². The third-order valence-corrected chi connectivity index (χ3v) is 7.81. The molecule has 1 nitrogen and oxygen atoms in total. The highest BCUT2D eigenvalue weighted by atomic mass is 16.2. The van der Waals surface area contributed by atoms with Crippen LogP contribution in [0.2, 0.25) is 0 Å². The zero-order chi connectivity index (χ0) is 21.7. The van der Waals surface area contributed by atoms with Gasteiger partial charge in [0.2, 0.25) is 0 Å². The molecule has 0 bridgehead atoms. The molecule has 6 rings (SSSR count). The van der Waals surface area contributed by atoms with E-state index in [1.54, 1.807) is 0 Å². The van der Waals surface area contributed by atoms with Crippen LogP contribution in [0.3, 0.4) is 0 Å². The Labute approximate surface area is 189 Å². The van der Waals surface area contributed by atoms with Gasteiger partial charge in [-0.2, -0.15) is 0 Å². The van der Waals surface area contributed by atoms with Crippen molar-refractivity contribution in [3.05, 3.63) is 119 Å². The Hall–Kier alpha value is -3.16. The molecule has 0 fully saturated rings. The monoisotopic (exact) mass is 416 g/mol. The quantitative estimate of drug-likeness (QED) is 0.596. The second-order valence-corrected chi connectivity index (χ2v) is 9.49. The molecule has 3 aliphatic rings. The summed E-state index contributed by atoms with van der Waals surface area (Å²) in [6.07, 6.45) is 10.8. The normalized spacial score (nSPS) is 20.0. The van der Waals surface area contributed by atoms with Gasteiger partial charge in [-0.05, 0) is 56.7 Å². The Kier molecular flexibility index (Phi) is 4.55. The van der Waals surface area contributed by atoms with Gasteiger partial charge in [0.1, 0.15) is 0 Å². The molecule has 0 saturated heterocycles. The summed E-state index contributed by atoms with van der Waals surface area (Å²) in [5.74, 6) is 0.559. The number of allylic oxidation sites excluding steroid dienone is 4. The molecule has 0 spiro atoms. The third kappa shape index (κ3) is 2.68. The van der Waals surface area contributed by atoms with Crippen LogP contribution >= 0.6 is 0 Å². The predicted octanol–water partition coefficient (Wildman–Crippen LogP) is 5.34. The minimum absolute atomic E-state index is 0.122. The average molecular weight is 417 g/mol. The molecule has 0 aromatic heterocycles. The van der Waals surface area contributed by atoms with Gasteiger partial charge in [-0.25, -0.2) is 0 Å². The third-order valence-electron chi connectivity index (χ3n) is 7.81. The van der Waals surface area contributed by atoms with Crippen LogP contribution in [0.15, 0.2) is 97.1 Å². The predicted molar refractivity (Wildman–Crippen MR) is 132 cm³/mol. The van der Waals surface area contributed by atoms with Crippen molar-refractivity contribution < 1.29 is 5.11 Å². The summed E-state index contributed by atoms with van der Waals surface area (Å²) in [5.41, 5.74) is 8.35. The number of hydrogen-bond donors (Lipinski definition) is 1. The number of fused-ring (bicyclic) bond motifs is 5. The first kappa shape index (κ1) is 19.5. The summed E-state index contributed by atoms with van der Waals surface area (Å²) in [7, 11) is 0. The Morgan fingerprint density at radius 3 is 2.09 bits per heavy atom. The molecule has 2 atom stereocenters. The van der Waals surface area contributed by atoms with E-state index in [9.17, 15) is 5.11 Å². The number of hydrogen-bond acceptors (Lipinski definition) is 1. The largest absolute Gasteiger partial charge is 0.396 e. The van der Waals surface area contributed by atoms with Gasteiger partial charge in [0, 0.05) is 23.9 Å². The van der Waals surface area contributed by atoms with E-state index in [-0.39, 0.29) is 17.9 Å². The molecule has 1 N–H and O–H groups in total. The van der Waals surface area contributed by atoms with E-state index >= 15 is 0 Å². The van der Waals surface area contributed by atoms with Crippen molar-refractivity contribution in [2.24, 2.45) is 11.3 Å². The van der Waals surface area contributed by atoms with Crippen molar-refractivity contribution in [2.75, 3.05) is 6.61 Å². The zero-order valence-electron chi connectivity index (χ0n) is 18.5. The summed E-state index contributed by atoms with van der Waals surface area (Å²) in [6.45, 7) is 2.67. The first-order valence-electron chi connectivity index (χ1n) is 11.7. The number of aliphatic hydroxyl groups is 1. The van der Waals surface area contributed by atoms with Crippen LogP contribution in [0.25, 0.3) is 22.3 Å². The highest BCUT2D eigenvalue weighted by molar-refractivity contribution is 5.86. The van der Waals surface area contributed by atoms with E-state index in [0.717, 1.165) is 12.8 Å². The SMILES string of the molecule is CC(CCCO)(C1=c2ccccc2=C2C=CC=CC21)C1c2ccccc2-c2ccccc21. The van der Waals surface area contributed by atoms with E-state index in [1.807, 2.05) is 0 Å². The van der Waals surface area contributed by atoms with Crippen molar-refractivity contribution in [2.45, 2.75) is 25.7 Å². The fourth-order valence-electron chi connectivity index (χ4n) is 6.57. The molecule has 0 heterocycles. The van der Waals surface area contributed by atoms with Gasteiger partial charge in [-0.15, -0.1) is 0 Å². The van der Waals surface area contributed by atoms with Crippen molar-refractivity contribution in [1.82, 2.24) is 0 Å². The summed E-state index contributed by atoms with van der Waals surface area (Å²) in [6, 6.07) is 26.8. The fraction of sp³-hybridized carbons (Fsp3) is 0.226. The van der Waals surface area contributed by atoms with E-state index in [2.05, 4.69) is 104 Å². The van der Waals surface area contributed by atoms with Gasteiger partial charge < -0.3 is 5.11 Å². The summed E-state index contributed by atoms with van der Waals surface area (Å²) < 4.78 is 0. The number of aliphatic hydroxyl groups excluding tert-OH is 1. The van der Waals surface area contributed by atoms with Crippen molar-refractivity contribution >= 4 is 11.1 Å². The summed E-state index contributed by atoms with van der Waals surface area (Å²) >= 11 is 0. The minimum Gasteiger partial charge on any atom is -0.396 e. The summed E-state index contributed by atoms with van der Waals surface area (Å²) in [5, 5.41) is 12.6. The lowest BCUT2D eigenvalue weighted by Crippen LogP contribution is -2.35. The van der Waals surface area contributed by atoms with E-state index in [4.69, 9.17) is 0 Å². The molecule has 0 radical (unpaired) electrons. The number of rotatable bonds is 5. The molecule has 0 saturated carbocycles. The number of benzene rings is 3. The van der Waals surface area contributed by atoms with E-state index in [0.29, 0.717) is 5.92 Å². The maximum atomic E-state index is 9.89. The second-order valence-electron chi connectivity index (χ2n) is 9.49. The van der Waals surface area contributed by atoms with Crippen LogP contribution < -0.4 is 10.4 Å². The van der Waals surface area contributed by atoms with Gasteiger partial charge in [0.05, 0.1) is 0 Å². The Balaban J connectivity index is 1.67. The fourth-order valence-corrected chi connectivity index (χ4v) is 6.57. The van der Waals surface area contributed by atoms with E-state index in [1.165, 1.54) is 43.8 Å². The first-order valence-corrected chi connectivity index (χ1v) is 11.7. The maximum Gasteiger partial charge on any atom is 0.0431 e. The van der Waals surface area contributed by atoms with Crippen LogP contribution in [0, 0.1) is 11.3 Å². The zero-order valence-corrected chi connectivity index (χ0v) is 18.5. The molecule has 0 aliphatic heterocycles. The second kappa shape index (κ2) is 7.46. The Morgan fingerprint density at radius 2 is 1.41 bits per heavy atom. The van der Waals surface area contributed by atoms with Crippen LogP contribution in [0.4, 0.5) is 0 Å². The van der Waals surface area contributed by atoms with Gasteiger partial charge in [-0.1, -0.05) is 104 Å². The molecule has 3 aromatic carbocycles. The topological polar surface area (TPSA) is 20.2 Å². The van der Waals surface area contributed by atoms with Crippen LogP contribution in [0.5, 0.6) is 0 Å². The highest BCUT2D eigenvalue weighted by Crippen LogP contribution is 2.59. The smallest absolute Gasteiger partial charge is 0.0431 e. The molecule has 0 amide bonds. The average Bonchev–Trinajstić information content (AvgIpc) is 3.37. The van der Waals surface area contributed by atoms with Gasteiger partial charge >= 0.3 is 0 Å². The standard InChI is InChI=1S/C31H28O/c1-31(19-10-20-32,29-25-15-6-2-11-21(25)22-12-3-7-16-26(22)29)30-27-17-8-4-13-23(27)24-14-5-9-18-28(24)30/h2-9,11-18,25,30,32H,10,19-20H2,1H3. The first-order chi connectivity index (χ1) is 15.7. The minimum atomic E-state index is -0.122. The molecule has 2 unspecified atom stereocenters. The molecule has 3 aromatic rings. The molecular weight excluding hydrogens is 388 g/mol. The Morgan fingerprint density at radius 1 is 0.781 bits per heavy atom. The van der Waals surface area contributed by atoms with Gasteiger partial charge in [-0.3, -0.25) is 0 Å².